The summed E-state index contributed by atoms with van der Waals surface area (Å²) in [7, 11) is 0. The fourth-order valence-corrected chi connectivity index (χ4v) is 3.65. The fraction of sp³-hybridized carbons (Fsp3) is 0.611. The van der Waals surface area contributed by atoms with E-state index in [1.807, 2.05) is 19.1 Å². The SMILES string of the molecule is Cc1cc(C2CCNCC2)ccc1C(=O)N1CCCC(F)(F)C1. The molecule has 0 bridgehead atoms. The van der Waals surface area contributed by atoms with E-state index in [1.165, 1.54) is 10.5 Å². The Morgan fingerprint density at radius 2 is 2.04 bits per heavy atom. The van der Waals surface area contributed by atoms with E-state index >= 15 is 0 Å². The van der Waals surface area contributed by atoms with Crippen molar-refractivity contribution in [3.05, 3.63) is 34.9 Å². The number of nitrogens with one attached hydrogen (secondary N) is 1. The number of amides is 1. The Bertz CT molecular complexity index is 582. The Hall–Kier alpha value is -1.49. The zero-order valence-corrected chi connectivity index (χ0v) is 13.6. The maximum absolute atomic E-state index is 13.5. The van der Waals surface area contributed by atoms with Crippen molar-refractivity contribution < 1.29 is 13.6 Å². The van der Waals surface area contributed by atoms with Crippen LogP contribution in [0.25, 0.3) is 0 Å². The molecule has 1 aromatic carbocycles. The van der Waals surface area contributed by atoms with Crippen LogP contribution in [0.15, 0.2) is 18.2 Å². The van der Waals surface area contributed by atoms with Crippen molar-refractivity contribution in [3.63, 3.8) is 0 Å². The number of piperidine rings is 2. The minimum Gasteiger partial charge on any atom is -0.333 e. The van der Waals surface area contributed by atoms with Gasteiger partial charge in [-0.1, -0.05) is 12.1 Å². The van der Waals surface area contributed by atoms with Crippen LogP contribution in [0.2, 0.25) is 0 Å². The summed E-state index contributed by atoms with van der Waals surface area (Å²) in [6, 6.07) is 5.88. The van der Waals surface area contributed by atoms with E-state index in [2.05, 4.69) is 11.4 Å². The molecule has 0 spiro atoms. The molecule has 3 rings (SSSR count). The summed E-state index contributed by atoms with van der Waals surface area (Å²) in [6.45, 7) is 3.91. The molecule has 3 nitrogen and oxygen atoms in total. The quantitative estimate of drug-likeness (QED) is 0.906. The van der Waals surface area contributed by atoms with Gasteiger partial charge >= 0.3 is 0 Å². The van der Waals surface area contributed by atoms with Gasteiger partial charge < -0.3 is 10.2 Å². The average molecular weight is 322 g/mol. The molecule has 1 N–H and O–H groups in total. The molecular weight excluding hydrogens is 298 g/mol. The first-order valence-electron chi connectivity index (χ1n) is 8.45. The molecule has 1 aromatic rings. The second kappa shape index (κ2) is 6.56. The van der Waals surface area contributed by atoms with Crippen molar-refractivity contribution in [1.82, 2.24) is 10.2 Å². The second-order valence-corrected chi connectivity index (χ2v) is 6.78. The number of alkyl halides is 2. The molecule has 2 heterocycles. The first kappa shape index (κ1) is 16.4. The molecule has 5 heteroatoms. The van der Waals surface area contributed by atoms with Crippen molar-refractivity contribution in [3.8, 4) is 0 Å². The lowest BCUT2D eigenvalue weighted by Crippen LogP contribution is -2.45. The van der Waals surface area contributed by atoms with Crippen LogP contribution in [0.4, 0.5) is 8.78 Å². The van der Waals surface area contributed by atoms with Gasteiger partial charge in [0.1, 0.15) is 0 Å². The Kier molecular flexibility index (Phi) is 4.67. The lowest BCUT2D eigenvalue weighted by atomic mass is 9.88. The Morgan fingerprint density at radius 1 is 1.30 bits per heavy atom. The monoisotopic (exact) mass is 322 g/mol. The Labute approximate surface area is 136 Å². The number of carbonyl (C=O) groups is 1. The largest absolute Gasteiger partial charge is 0.333 e. The predicted octanol–water partition coefficient (Wildman–Crippen LogP) is 3.33. The van der Waals surface area contributed by atoms with Gasteiger partial charge in [-0.25, -0.2) is 8.78 Å². The average Bonchev–Trinajstić information content (AvgIpc) is 2.54. The summed E-state index contributed by atoms with van der Waals surface area (Å²) >= 11 is 0. The fourth-order valence-electron chi connectivity index (χ4n) is 3.65. The van der Waals surface area contributed by atoms with Crippen LogP contribution < -0.4 is 5.32 Å². The highest BCUT2D eigenvalue weighted by Crippen LogP contribution is 2.30. The maximum Gasteiger partial charge on any atom is 0.265 e. The standard InChI is InChI=1S/C18H24F2N2O/c1-13-11-15(14-5-8-21-9-6-14)3-4-16(13)17(23)22-10-2-7-18(19,20)12-22/h3-4,11,14,21H,2,5-10,12H2,1H3. The minimum atomic E-state index is -2.75. The lowest BCUT2D eigenvalue weighted by Gasteiger charge is -2.33. The number of likely N-dealkylation sites (tertiary alicyclic amines) is 1. The highest BCUT2D eigenvalue weighted by molar-refractivity contribution is 5.95. The van der Waals surface area contributed by atoms with Gasteiger partial charge in [0, 0.05) is 18.5 Å². The van der Waals surface area contributed by atoms with E-state index in [0.29, 0.717) is 24.4 Å². The molecule has 23 heavy (non-hydrogen) atoms. The topological polar surface area (TPSA) is 32.3 Å². The van der Waals surface area contributed by atoms with E-state index < -0.39 is 12.5 Å². The van der Waals surface area contributed by atoms with Crippen LogP contribution in [0.5, 0.6) is 0 Å². The summed E-state index contributed by atoms with van der Waals surface area (Å²) in [4.78, 5) is 13.9. The minimum absolute atomic E-state index is 0.121. The molecule has 2 aliphatic rings. The number of halogens is 2. The Balaban J connectivity index is 1.76. The summed E-state index contributed by atoms with van der Waals surface area (Å²) in [6.07, 6.45) is 2.45. The van der Waals surface area contributed by atoms with Crippen LogP contribution in [-0.2, 0) is 0 Å². The third kappa shape index (κ3) is 3.71. The molecule has 1 amide bonds. The molecule has 2 saturated heterocycles. The molecule has 0 radical (unpaired) electrons. The summed E-state index contributed by atoms with van der Waals surface area (Å²) in [5, 5.41) is 3.35. The lowest BCUT2D eigenvalue weighted by molar-refractivity contribution is -0.0560. The van der Waals surface area contributed by atoms with Gasteiger partial charge in [-0.05, 0) is 62.4 Å². The normalized spacial score (nSPS) is 22.1. The Morgan fingerprint density at radius 3 is 2.70 bits per heavy atom. The smallest absolute Gasteiger partial charge is 0.265 e. The van der Waals surface area contributed by atoms with E-state index in [-0.39, 0.29) is 12.3 Å². The second-order valence-electron chi connectivity index (χ2n) is 6.78. The summed E-state index contributed by atoms with van der Waals surface area (Å²) in [5.74, 6) is -2.49. The van der Waals surface area contributed by atoms with Crippen LogP contribution in [0, 0.1) is 6.92 Å². The molecule has 2 aliphatic heterocycles. The van der Waals surface area contributed by atoms with E-state index in [4.69, 9.17) is 0 Å². The zero-order chi connectivity index (χ0) is 16.4. The molecular formula is C18H24F2N2O. The first-order chi connectivity index (χ1) is 11.0. The summed E-state index contributed by atoms with van der Waals surface area (Å²) < 4.78 is 27.1. The molecule has 0 unspecified atom stereocenters. The van der Waals surface area contributed by atoms with E-state index in [1.54, 1.807) is 0 Å². The van der Waals surface area contributed by atoms with E-state index in [0.717, 1.165) is 31.5 Å². The number of hydrogen-bond acceptors (Lipinski definition) is 2. The van der Waals surface area contributed by atoms with Gasteiger partial charge in [0.2, 0.25) is 0 Å². The number of aryl methyl sites for hydroxylation is 1. The zero-order valence-electron chi connectivity index (χ0n) is 13.6. The first-order valence-corrected chi connectivity index (χ1v) is 8.45. The molecule has 2 fully saturated rings. The molecule has 0 aromatic heterocycles. The third-order valence-corrected chi connectivity index (χ3v) is 4.97. The highest BCUT2D eigenvalue weighted by Gasteiger charge is 2.37. The molecule has 126 valence electrons. The van der Waals surface area contributed by atoms with Crippen LogP contribution in [-0.4, -0.2) is 42.9 Å². The van der Waals surface area contributed by atoms with Crippen molar-refractivity contribution >= 4 is 5.91 Å². The van der Waals surface area contributed by atoms with Crippen LogP contribution in [0.3, 0.4) is 0 Å². The van der Waals surface area contributed by atoms with Crippen LogP contribution in [0.1, 0.15) is 53.1 Å². The number of hydrogen-bond donors (Lipinski definition) is 1. The number of carbonyl (C=O) groups excluding carboxylic acids is 1. The maximum atomic E-state index is 13.5. The third-order valence-electron chi connectivity index (χ3n) is 4.97. The van der Waals surface area contributed by atoms with Crippen molar-refractivity contribution in [1.29, 1.82) is 0 Å². The van der Waals surface area contributed by atoms with Gasteiger partial charge in [-0.3, -0.25) is 4.79 Å². The highest BCUT2D eigenvalue weighted by atomic mass is 19.3. The molecule has 0 atom stereocenters. The van der Waals surface area contributed by atoms with Gasteiger partial charge in [-0.15, -0.1) is 0 Å². The van der Waals surface area contributed by atoms with Crippen molar-refractivity contribution in [2.75, 3.05) is 26.2 Å². The predicted molar refractivity (Wildman–Crippen MR) is 86.1 cm³/mol. The molecule has 0 aliphatic carbocycles. The van der Waals surface area contributed by atoms with Crippen LogP contribution >= 0.6 is 0 Å². The van der Waals surface area contributed by atoms with Gasteiger partial charge in [0.25, 0.3) is 11.8 Å². The summed E-state index contributed by atoms with van der Waals surface area (Å²) in [5.41, 5.74) is 2.70. The molecule has 0 saturated carbocycles. The van der Waals surface area contributed by atoms with Crippen molar-refractivity contribution in [2.45, 2.75) is 44.4 Å². The number of rotatable bonds is 2. The number of benzene rings is 1. The van der Waals surface area contributed by atoms with Gasteiger partial charge in [0.05, 0.1) is 6.54 Å². The number of nitrogens with zero attached hydrogens (tertiary/aromatic N) is 1. The van der Waals surface area contributed by atoms with E-state index in [9.17, 15) is 13.6 Å². The van der Waals surface area contributed by atoms with Gasteiger partial charge in [-0.2, -0.15) is 0 Å². The van der Waals surface area contributed by atoms with Crippen molar-refractivity contribution in [2.24, 2.45) is 0 Å². The van der Waals surface area contributed by atoms with Gasteiger partial charge in [0.15, 0.2) is 0 Å².